The molecule has 0 aliphatic heterocycles. The average molecular weight is 937 g/mol. The second-order valence-electron chi connectivity index (χ2n) is 16.5. The molecule has 15 nitrogen and oxygen atoms in total. The van der Waals surface area contributed by atoms with Crippen LogP contribution in [0.5, 0.6) is 0 Å². The van der Waals surface area contributed by atoms with Crippen molar-refractivity contribution in [2.75, 3.05) is 0 Å². The molecule has 0 aromatic carbocycles. The maximum absolute atomic E-state index is 5.31. The Morgan fingerprint density at radius 3 is 1.32 bits per heavy atom. The van der Waals surface area contributed by atoms with E-state index >= 15 is 0 Å². The van der Waals surface area contributed by atoms with Crippen LogP contribution in [0.1, 0.15) is 95.9 Å². The van der Waals surface area contributed by atoms with E-state index < -0.39 is 0 Å². The van der Waals surface area contributed by atoms with E-state index in [9.17, 15) is 0 Å². The van der Waals surface area contributed by atoms with Gasteiger partial charge in [0.05, 0.1) is 67.3 Å². The van der Waals surface area contributed by atoms with Crippen molar-refractivity contribution in [2.24, 2.45) is 63.4 Å². The summed E-state index contributed by atoms with van der Waals surface area (Å²) in [6, 6.07) is 6.27. The molecule has 0 amide bonds. The lowest BCUT2D eigenvalue weighted by Gasteiger charge is -1.87. The van der Waals surface area contributed by atoms with Gasteiger partial charge >= 0.3 is 23.4 Å². The predicted octanol–water partition coefficient (Wildman–Crippen LogP) is 5.24. The van der Waals surface area contributed by atoms with Gasteiger partial charge in [-0.3, -0.25) is 0 Å². The van der Waals surface area contributed by atoms with E-state index in [1.807, 2.05) is 116 Å². The Hall–Kier alpha value is -5.42. The van der Waals surface area contributed by atoms with Crippen LogP contribution in [0.4, 0.5) is 0 Å². The minimum absolute atomic E-state index is 0.836. The van der Waals surface area contributed by atoms with Crippen LogP contribution in [0.3, 0.4) is 0 Å². The highest BCUT2D eigenvalue weighted by Crippen LogP contribution is 2.12. The summed E-state index contributed by atoms with van der Waals surface area (Å²) in [6.07, 6.45) is 2.09. The number of hydrogen-bond acceptors (Lipinski definition) is 7. The Labute approximate surface area is 397 Å². The third-order valence-electron chi connectivity index (χ3n) is 12.9. The number of pyridine rings is 1. The highest BCUT2D eigenvalue weighted by Gasteiger charge is 2.17. The Morgan fingerprint density at radius 2 is 1.11 bits per heavy atom. The number of thiazole rings is 1. The Bertz CT molecular complexity index is 2420. The van der Waals surface area contributed by atoms with Crippen LogP contribution in [0.25, 0.3) is 5.52 Å². The predicted molar refractivity (Wildman–Crippen MR) is 256 cm³/mol. The molecule has 65 heavy (non-hydrogen) atoms. The van der Waals surface area contributed by atoms with Gasteiger partial charge in [-0.1, -0.05) is 17.4 Å². The first-order valence-electron chi connectivity index (χ1n) is 21.8. The fourth-order valence-electron chi connectivity index (χ4n) is 6.24. The quantitative estimate of drug-likeness (QED) is 0.194. The molecular formula is C48H82N13O2S2+7. The molecule has 0 unspecified atom stereocenters. The standard InChI is InChI=1S/C10H13N2.C8H15N2.C7H12NO.C7H12NS.C6H12N3.C5H9N2O.C5H9N2S/c1-8-10-6-4-5-7-12(10)9(2)11(8)3;1-6-7(2)10(5)8(3)9(6)4;2*1-5-6(2)9-7(3)8(5)4;1-5-7-9(4)6(2)8(5)3;2*1-4-6-8-5(2)7(4)3/h4-7H,1-3H3;1-5H3;3*1-4H3;2*1-3H3/q7*+1. The molecule has 0 aliphatic carbocycles. The Morgan fingerprint density at radius 1 is 0.523 bits per heavy atom. The number of fused-ring (bicyclic) bond motifs is 1. The van der Waals surface area contributed by atoms with Gasteiger partial charge < -0.3 is 4.42 Å². The van der Waals surface area contributed by atoms with Gasteiger partial charge in [-0.2, -0.15) is 18.1 Å². The zero-order valence-electron chi connectivity index (χ0n) is 44.8. The van der Waals surface area contributed by atoms with E-state index in [4.69, 9.17) is 8.94 Å². The summed E-state index contributed by atoms with van der Waals surface area (Å²) in [4.78, 5) is 1.43. The van der Waals surface area contributed by atoms with Gasteiger partial charge in [-0.05, 0) is 19.1 Å². The summed E-state index contributed by atoms with van der Waals surface area (Å²) in [5.41, 5.74) is 7.88. The topological polar surface area (TPSA) is 107 Å². The van der Waals surface area contributed by atoms with Gasteiger partial charge in [0.2, 0.25) is 16.5 Å². The summed E-state index contributed by atoms with van der Waals surface area (Å²) >= 11 is 3.40. The van der Waals surface area contributed by atoms with Crippen molar-refractivity contribution in [3.63, 3.8) is 0 Å². The van der Waals surface area contributed by atoms with Crippen molar-refractivity contribution in [1.82, 2.24) is 28.4 Å². The van der Waals surface area contributed by atoms with Gasteiger partial charge in [-0.15, -0.1) is 4.68 Å². The average Bonchev–Trinajstić information content (AvgIpc) is 4.05. The lowest BCUT2D eigenvalue weighted by atomic mass is 10.3. The number of hydrogen-bond donors (Lipinski definition) is 0. The van der Waals surface area contributed by atoms with Crippen LogP contribution in [0, 0.1) is 118 Å². The molecule has 17 heteroatoms. The van der Waals surface area contributed by atoms with Crippen molar-refractivity contribution in [2.45, 2.75) is 118 Å². The maximum Gasteiger partial charge on any atom is 0.345 e. The lowest BCUT2D eigenvalue weighted by molar-refractivity contribution is -0.687. The normalized spacial score (nSPS) is 10.3. The molecule has 0 aliphatic rings. The zero-order valence-corrected chi connectivity index (χ0v) is 46.4. The molecule has 0 N–H and O–H groups in total. The van der Waals surface area contributed by atoms with Crippen molar-refractivity contribution < 1.29 is 40.7 Å². The number of aromatic nitrogens is 13. The van der Waals surface area contributed by atoms with Crippen molar-refractivity contribution >= 4 is 28.4 Å². The van der Waals surface area contributed by atoms with E-state index in [1.165, 1.54) is 66.4 Å². The van der Waals surface area contributed by atoms with Gasteiger partial charge in [0.1, 0.15) is 42.7 Å². The molecule has 0 saturated carbocycles. The largest absolute Gasteiger partial charge is 0.407 e. The first kappa shape index (κ1) is 55.7. The fraction of sp³-hybridized carbons (Fsp3) is 0.542. The summed E-state index contributed by atoms with van der Waals surface area (Å²) in [5, 5.41) is 10.5. The SMILES string of the molecule is Cc1c(C)[n+](C)c(C)n1C.Cc1c2cccc[n+]2c(C)n1C.Cc1nn(C)c(C)[n+]1C.Cc1noc(C)[n+]1C.Cc1nsc(C)[n+]1C.Cc1oc(C)[n+](C)c1C.Cc1sc(C)[n+](C)c1C. The minimum Gasteiger partial charge on any atom is -0.407 e. The van der Waals surface area contributed by atoms with E-state index in [0.29, 0.717) is 0 Å². The van der Waals surface area contributed by atoms with Gasteiger partial charge in [0, 0.05) is 113 Å². The maximum atomic E-state index is 5.31. The Balaban J connectivity index is 0.000000262. The molecule has 0 spiro atoms. The molecule has 8 heterocycles. The number of nitrogens with zero attached hydrogens (tertiary/aromatic N) is 13. The lowest BCUT2D eigenvalue weighted by Crippen LogP contribution is -2.33. The van der Waals surface area contributed by atoms with Crippen molar-refractivity contribution in [1.29, 1.82) is 0 Å². The monoisotopic (exact) mass is 937 g/mol. The second kappa shape index (κ2) is 24.2. The van der Waals surface area contributed by atoms with E-state index in [1.54, 1.807) is 11.5 Å². The summed E-state index contributed by atoms with van der Waals surface area (Å²) in [6.45, 7) is 35.0. The third kappa shape index (κ3) is 14.0. The molecule has 0 bridgehead atoms. The highest BCUT2D eigenvalue weighted by atomic mass is 32.1. The molecule has 356 valence electrons. The van der Waals surface area contributed by atoms with Crippen LogP contribution >= 0.6 is 22.9 Å². The van der Waals surface area contributed by atoms with Crippen LogP contribution in [-0.4, -0.2) is 28.4 Å². The summed E-state index contributed by atoms with van der Waals surface area (Å²) in [5.74, 6) is 9.60. The highest BCUT2D eigenvalue weighted by molar-refractivity contribution is 7.11. The smallest absolute Gasteiger partial charge is 0.345 e. The second-order valence-corrected chi connectivity index (χ2v) is 18.9. The van der Waals surface area contributed by atoms with Crippen LogP contribution in [0.2, 0.25) is 0 Å². The van der Waals surface area contributed by atoms with E-state index in [0.717, 1.165) is 35.0 Å². The molecule has 0 radical (unpaired) electrons. The molecule has 0 atom stereocenters. The van der Waals surface area contributed by atoms with E-state index in [2.05, 4.69) is 161 Å². The third-order valence-corrected chi connectivity index (χ3v) is 15.0. The first-order valence-corrected chi connectivity index (χ1v) is 23.4. The van der Waals surface area contributed by atoms with Crippen LogP contribution in [0.15, 0.2) is 33.3 Å². The summed E-state index contributed by atoms with van der Waals surface area (Å²) in [7, 11) is 18.3. The summed E-state index contributed by atoms with van der Waals surface area (Å²) < 4.78 is 35.2. The number of rotatable bonds is 0. The molecule has 0 saturated heterocycles. The zero-order chi connectivity index (χ0) is 49.9. The molecule has 8 aromatic rings. The van der Waals surface area contributed by atoms with E-state index in [-0.39, 0.29) is 0 Å². The van der Waals surface area contributed by atoms with Gasteiger partial charge in [0.25, 0.3) is 17.5 Å². The molecular weight excluding hydrogens is 855 g/mol. The van der Waals surface area contributed by atoms with Crippen LogP contribution in [-0.2, 0) is 63.4 Å². The molecule has 0 fully saturated rings. The van der Waals surface area contributed by atoms with Crippen LogP contribution < -0.4 is 31.8 Å². The van der Waals surface area contributed by atoms with Gasteiger partial charge in [-0.25, -0.2) is 27.4 Å². The minimum atomic E-state index is 0.836. The molecule has 8 aromatic heterocycles. The van der Waals surface area contributed by atoms with Gasteiger partial charge in [0.15, 0.2) is 27.1 Å². The first-order chi connectivity index (χ1) is 30.1. The Kier molecular flexibility index (Phi) is 20.7. The van der Waals surface area contributed by atoms with Crippen molar-refractivity contribution in [3.8, 4) is 0 Å². The fourth-order valence-corrected chi connectivity index (χ4v) is 7.88. The number of aryl methyl sites for hydroxylation is 12. The van der Waals surface area contributed by atoms with Crippen molar-refractivity contribution in [3.05, 3.63) is 120 Å². The number of imidazole rings is 2. The number of oxazole rings is 1. The molecule has 8 rings (SSSR count).